The van der Waals surface area contributed by atoms with Gasteiger partial charge in [0.1, 0.15) is 5.75 Å². The fraction of sp³-hybridized carbons (Fsp3) is 0.259. The molecular weight excluding hydrogens is 460 g/mol. The Kier molecular flexibility index (Phi) is 8.15. The van der Waals surface area contributed by atoms with Crippen LogP contribution in [0.15, 0.2) is 77.7 Å². The van der Waals surface area contributed by atoms with E-state index in [0.29, 0.717) is 19.5 Å². The molecule has 0 spiro atoms. The molecule has 0 saturated carbocycles. The summed E-state index contributed by atoms with van der Waals surface area (Å²) in [5, 5.41) is 5.71. The number of urea groups is 1. The molecule has 0 unspecified atom stereocenters. The van der Waals surface area contributed by atoms with E-state index in [1.54, 1.807) is 18.9 Å². The van der Waals surface area contributed by atoms with Gasteiger partial charge in [-0.2, -0.15) is 0 Å². The van der Waals surface area contributed by atoms with Crippen LogP contribution in [0, 0.1) is 0 Å². The van der Waals surface area contributed by atoms with Crippen molar-refractivity contribution in [2.24, 2.45) is 0 Å². The normalized spacial score (nSPS) is 13.3. The standard InChI is InChI=1S/C27H30N4O3S/c1-34-24-11-3-20(4-12-24)19-26(32)31-17-15-30(16-18-31)23-9-5-21(6-10-23)28-27(33)29-22-7-13-25(35-2)14-8-22/h3-14H,15-19H2,1-2H3,(H2,28,29,33). The molecule has 3 aromatic rings. The average molecular weight is 491 g/mol. The topological polar surface area (TPSA) is 73.9 Å². The first kappa shape index (κ1) is 24.5. The van der Waals surface area contributed by atoms with E-state index in [4.69, 9.17) is 4.74 Å². The highest BCUT2D eigenvalue weighted by molar-refractivity contribution is 7.98. The summed E-state index contributed by atoms with van der Waals surface area (Å²) in [5.41, 5.74) is 3.53. The number of nitrogens with zero attached hydrogens (tertiary/aromatic N) is 2. The Hall–Kier alpha value is -3.65. The van der Waals surface area contributed by atoms with Crippen LogP contribution < -0.4 is 20.3 Å². The molecule has 182 valence electrons. The van der Waals surface area contributed by atoms with Gasteiger partial charge in [0.25, 0.3) is 0 Å². The van der Waals surface area contributed by atoms with Gasteiger partial charge in [0.2, 0.25) is 5.91 Å². The molecule has 4 rings (SSSR count). The first-order chi connectivity index (χ1) is 17.0. The zero-order valence-corrected chi connectivity index (χ0v) is 20.8. The number of ether oxygens (including phenoxy) is 1. The molecule has 1 saturated heterocycles. The molecule has 7 nitrogen and oxygen atoms in total. The molecule has 1 aliphatic rings. The number of carbonyl (C=O) groups excluding carboxylic acids is 2. The molecule has 1 aliphatic heterocycles. The number of piperazine rings is 1. The van der Waals surface area contributed by atoms with Crippen molar-refractivity contribution in [1.29, 1.82) is 0 Å². The zero-order valence-electron chi connectivity index (χ0n) is 20.0. The van der Waals surface area contributed by atoms with Crippen LogP contribution in [0.1, 0.15) is 5.56 Å². The Bertz CT molecular complexity index is 1130. The third-order valence-corrected chi connectivity index (χ3v) is 6.73. The van der Waals surface area contributed by atoms with Crippen molar-refractivity contribution in [2.45, 2.75) is 11.3 Å². The maximum absolute atomic E-state index is 12.7. The van der Waals surface area contributed by atoms with Crippen molar-refractivity contribution in [3.63, 3.8) is 0 Å². The first-order valence-electron chi connectivity index (χ1n) is 11.5. The summed E-state index contributed by atoms with van der Waals surface area (Å²) in [4.78, 5) is 30.3. The molecule has 0 bridgehead atoms. The van der Waals surface area contributed by atoms with Gasteiger partial charge in [-0.25, -0.2) is 4.79 Å². The lowest BCUT2D eigenvalue weighted by Crippen LogP contribution is -2.49. The molecule has 3 aromatic carbocycles. The number of hydrogen-bond acceptors (Lipinski definition) is 5. The molecule has 2 N–H and O–H groups in total. The summed E-state index contributed by atoms with van der Waals surface area (Å²) in [6, 6.07) is 22.9. The predicted octanol–water partition coefficient (Wildman–Crippen LogP) is 4.95. The van der Waals surface area contributed by atoms with Gasteiger partial charge in [-0.1, -0.05) is 12.1 Å². The van der Waals surface area contributed by atoms with Gasteiger partial charge in [0.15, 0.2) is 0 Å². The number of rotatable bonds is 7. The Morgan fingerprint density at radius 2 is 1.40 bits per heavy atom. The van der Waals surface area contributed by atoms with E-state index in [1.165, 1.54) is 0 Å². The quantitative estimate of drug-likeness (QED) is 0.459. The second kappa shape index (κ2) is 11.7. The smallest absolute Gasteiger partial charge is 0.323 e. The third-order valence-electron chi connectivity index (χ3n) is 5.98. The monoisotopic (exact) mass is 490 g/mol. The van der Waals surface area contributed by atoms with Crippen LogP contribution in [0.5, 0.6) is 5.75 Å². The van der Waals surface area contributed by atoms with Gasteiger partial charge in [0, 0.05) is 48.1 Å². The van der Waals surface area contributed by atoms with Crippen LogP contribution >= 0.6 is 11.8 Å². The van der Waals surface area contributed by atoms with E-state index in [-0.39, 0.29) is 11.9 Å². The molecule has 0 aliphatic carbocycles. The van der Waals surface area contributed by atoms with Crippen molar-refractivity contribution in [3.8, 4) is 5.75 Å². The van der Waals surface area contributed by atoms with Crippen molar-refractivity contribution >= 4 is 40.8 Å². The fourth-order valence-corrected chi connectivity index (χ4v) is 4.38. The van der Waals surface area contributed by atoms with Crippen molar-refractivity contribution in [3.05, 3.63) is 78.4 Å². The molecule has 8 heteroatoms. The van der Waals surface area contributed by atoms with Crippen molar-refractivity contribution in [2.75, 3.05) is 55.1 Å². The zero-order chi connectivity index (χ0) is 24.6. The summed E-state index contributed by atoms with van der Waals surface area (Å²) >= 11 is 1.66. The number of amides is 3. The van der Waals surface area contributed by atoms with Gasteiger partial charge < -0.3 is 25.2 Å². The Morgan fingerprint density at radius 1 is 0.829 bits per heavy atom. The highest BCUT2D eigenvalue weighted by atomic mass is 32.2. The summed E-state index contributed by atoms with van der Waals surface area (Å²) in [5.74, 6) is 0.932. The van der Waals surface area contributed by atoms with E-state index in [0.717, 1.165) is 46.4 Å². The Labute approximate surface area is 210 Å². The minimum atomic E-state index is -0.279. The molecule has 0 atom stereocenters. The number of methoxy groups -OCH3 is 1. The van der Waals surface area contributed by atoms with Gasteiger partial charge in [-0.3, -0.25) is 4.79 Å². The number of anilines is 3. The maximum atomic E-state index is 12.7. The van der Waals surface area contributed by atoms with E-state index < -0.39 is 0 Å². The highest BCUT2D eigenvalue weighted by Gasteiger charge is 2.21. The summed E-state index contributed by atoms with van der Waals surface area (Å²) in [7, 11) is 1.63. The number of carbonyl (C=O) groups is 2. The van der Waals surface area contributed by atoms with Crippen LogP contribution in [0.3, 0.4) is 0 Å². The van der Waals surface area contributed by atoms with Crippen molar-refractivity contribution < 1.29 is 14.3 Å². The lowest BCUT2D eigenvalue weighted by atomic mass is 10.1. The summed E-state index contributed by atoms with van der Waals surface area (Å²) in [6.45, 7) is 2.92. The molecule has 0 radical (unpaired) electrons. The molecule has 1 heterocycles. The number of nitrogens with one attached hydrogen (secondary N) is 2. The molecule has 35 heavy (non-hydrogen) atoms. The second-order valence-corrected chi connectivity index (χ2v) is 9.13. The van der Waals surface area contributed by atoms with Crippen LogP contribution in [0.4, 0.5) is 21.9 Å². The van der Waals surface area contributed by atoms with E-state index in [2.05, 4.69) is 15.5 Å². The second-order valence-electron chi connectivity index (χ2n) is 8.25. The largest absolute Gasteiger partial charge is 0.497 e. The molecular formula is C27H30N4O3S. The first-order valence-corrected chi connectivity index (χ1v) is 12.7. The van der Waals surface area contributed by atoms with Gasteiger partial charge in [0.05, 0.1) is 13.5 Å². The van der Waals surface area contributed by atoms with E-state index in [9.17, 15) is 9.59 Å². The molecule has 0 aromatic heterocycles. The average Bonchev–Trinajstić information content (AvgIpc) is 2.90. The Balaban J connectivity index is 1.24. The fourth-order valence-electron chi connectivity index (χ4n) is 3.97. The van der Waals surface area contributed by atoms with Crippen LogP contribution in [0.25, 0.3) is 0 Å². The minimum Gasteiger partial charge on any atom is -0.497 e. The minimum absolute atomic E-state index is 0.142. The highest BCUT2D eigenvalue weighted by Crippen LogP contribution is 2.21. The van der Waals surface area contributed by atoms with E-state index in [1.807, 2.05) is 84.0 Å². The SMILES string of the molecule is COc1ccc(CC(=O)N2CCN(c3ccc(NC(=O)Nc4ccc(SC)cc4)cc3)CC2)cc1. The van der Waals surface area contributed by atoms with Gasteiger partial charge in [-0.15, -0.1) is 11.8 Å². The lowest BCUT2D eigenvalue weighted by Gasteiger charge is -2.36. The molecule has 1 fully saturated rings. The summed E-state index contributed by atoms with van der Waals surface area (Å²) in [6.07, 6.45) is 2.41. The van der Waals surface area contributed by atoms with E-state index >= 15 is 0 Å². The van der Waals surface area contributed by atoms with Crippen LogP contribution in [-0.2, 0) is 11.2 Å². The third kappa shape index (κ3) is 6.70. The van der Waals surface area contributed by atoms with Crippen molar-refractivity contribution in [1.82, 2.24) is 4.90 Å². The van der Waals surface area contributed by atoms with Gasteiger partial charge in [-0.05, 0) is 72.5 Å². The lowest BCUT2D eigenvalue weighted by molar-refractivity contribution is -0.130. The summed E-state index contributed by atoms with van der Waals surface area (Å²) < 4.78 is 5.18. The molecule has 3 amide bonds. The van der Waals surface area contributed by atoms with Gasteiger partial charge >= 0.3 is 6.03 Å². The Morgan fingerprint density at radius 3 is 1.94 bits per heavy atom. The van der Waals surface area contributed by atoms with Crippen LogP contribution in [-0.4, -0.2) is 56.4 Å². The maximum Gasteiger partial charge on any atom is 0.323 e. The van der Waals surface area contributed by atoms with Crippen LogP contribution in [0.2, 0.25) is 0 Å². The number of thioether (sulfide) groups is 1. The number of benzene rings is 3. The number of hydrogen-bond donors (Lipinski definition) is 2. The predicted molar refractivity (Wildman–Crippen MR) is 143 cm³/mol.